The van der Waals surface area contributed by atoms with E-state index in [0.717, 1.165) is 4.90 Å². The fourth-order valence-corrected chi connectivity index (χ4v) is 4.71. The number of β-lactam (4-membered cyclic amide) rings is 1. The molecule has 198 valence electrons. The van der Waals surface area contributed by atoms with Crippen LogP contribution in [-0.4, -0.2) is 78.8 Å². The zero-order valence-electron chi connectivity index (χ0n) is 19.2. The number of aliphatic carboxylic acids is 1. The van der Waals surface area contributed by atoms with Crippen molar-refractivity contribution < 1.29 is 48.9 Å². The summed E-state index contributed by atoms with van der Waals surface area (Å²) in [6.45, 7) is -0.181. The second kappa shape index (κ2) is 11.4. The largest absolute Gasteiger partial charge is 0.508 e. The standard InChI is InChI=1S/C22H25N4O10P/c23-16(22(30)31)9-10-36-15-7-3-12(4-8-15)18(25-32)19(28)24-17-11-26(20(17)29)21(37(33,34)35)13-1-5-14(27)6-2-13/h1-8,16-17,21,27,32H,9-11,23H2,(H,24,28)(H,30,31)(H2,33,34,35)/b25-18-/t16?,17-,21+/m0/s1. The molecule has 3 rings (SSSR count). The predicted octanol–water partition coefficient (Wildman–Crippen LogP) is -0.0452. The van der Waals surface area contributed by atoms with Crippen molar-refractivity contribution in [1.29, 1.82) is 0 Å². The molecule has 15 heteroatoms. The number of likely N-dealkylation sites (tertiary alicyclic amines) is 1. The lowest BCUT2D eigenvalue weighted by Gasteiger charge is -2.43. The van der Waals surface area contributed by atoms with Gasteiger partial charge in [0.1, 0.15) is 23.6 Å². The average Bonchev–Trinajstić information content (AvgIpc) is 2.84. The smallest absolute Gasteiger partial charge is 0.352 e. The molecule has 37 heavy (non-hydrogen) atoms. The highest BCUT2D eigenvalue weighted by atomic mass is 31.2. The number of ether oxygens (including phenoxy) is 1. The monoisotopic (exact) mass is 536 g/mol. The summed E-state index contributed by atoms with van der Waals surface area (Å²) in [5, 5.41) is 32.9. The number of nitrogens with zero attached hydrogens (tertiary/aromatic N) is 2. The molecule has 2 amide bonds. The van der Waals surface area contributed by atoms with E-state index >= 15 is 0 Å². The molecule has 0 aliphatic carbocycles. The van der Waals surface area contributed by atoms with Crippen molar-refractivity contribution in [3.05, 3.63) is 59.7 Å². The summed E-state index contributed by atoms with van der Waals surface area (Å²) in [5.74, 6) is -4.18. The summed E-state index contributed by atoms with van der Waals surface area (Å²) in [5.41, 5.74) is 5.26. The van der Waals surface area contributed by atoms with E-state index < -0.39 is 49.0 Å². The fourth-order valence-electron chi connectivity index (χ4n) is 3.58. The lowest BCUT2D eigenvalue weighted by atomic mass is 10.0. The second-order valence-corrected chi connectivity index (χ2v) is 9.79. The number of carboxylic acids is 1. The van der Waals surface area contributed by atoms with E-state index in [1.165, 1.54) is 48.5 Å². The number of carbonyl (C=O) groups excluding carboxylic acids is 2. The fraction of sp³-hybridized carbons (Fsp3) is 0.273. The number of nitrogens with two attached hydrogens (primary N) is 1. The summed E-state index contributed by atoms with van der Waals surface area (Å²) in [4.78, 5) is 56.5. The minimum atomic E-state index is -4.83. The molecule has 2 aromatic rings. The van der Waals surface area contributed by atoms with Crippen molar-refractivity contribution in [1.82, 2.24) is 10.2 Å². The van der Waals surface area contributed by atoms with Crippen LogP contribution in [0.1, 0.15) is 23.3 Å². The SMILES string of the molecule is NC(CCOc1ccc(/C(=N/O)C(=O)N[C@H]2CN([C@@H](c3ccc(O)cc3)P(=O)(O)O)C2=O)cc1)C(=O)O. The minimum absolute atomic E-state index is 0.0360. The number of phenols is 1. The van der Waals surface area contributed by atoms with Crippen LogP contribution in [0.4, 0.5) is 0 Å². The zero-order chi connectivity index (χ0) is 27.3. The van der Waals surface area contributed by atoms with Crippen LogP contribution < -0.4 is 15.8 Å². The summed E-state index contributed by atoms with van der Waals surface area (Å²) in [6, 6.07) is 8.56. The molecule has 1 heterocycles. The van der Waals surface area contributed by atoms with Gasteiger partial charge < -0.3 is 45.9 Å². The number of phenolic OH excluding ortho intramolecular Hbond substituents is 1. The van der Waals surface area contributed by atoms with Crippen molar-refractivity contribution in [3.63, 3.8) is 0 Å². The summed E-state index contributed by atoms with van der Waals surface area (Å²) < 4.78 is 17.5. The number of rotatable bonds is 11. The Hall–Kier alpha value is -3.97. The first kappa shape index (κ1) is 27.6. The Kier molecular flexibility index (Phi) is 8.50. The predicted molar refractivity (Wildman–Crippen MR) is 127 cm³/mol. The molecule has 1 aliphatic heterocycles. The summed E-state index contributed by atoms with van der Waals surface area (Å²) >= 11 is 0. The van der Waals surface area contributed by atoms with Gasteiger partial charge in [-0.25, -0.2) is 0 Å². The molecular weight excluding hydrogens is 511 g/mol. The molecule has 8 N–H and O–H groups in total. The minimum Gasteiger partial charge on any atom is -0.508 e. The second-order valence-electron chi connectivity index (χ2n) is 8.13. The molecule has 1 saturated heterocycles. The van der Waals surface area contributed by atoms with Gasteiger partial charge >= 0.3 is 13.6 Å². The molecule has 0 radical (unpaired) electrons. The van der Waals surface area contributed by atoms with Crippen LogP contribution >= 0.6 is 7.60 Å². The third-order valence-corrected chi connectivity index (χ3v) is 6.74. The van der Waals surface area contributed by atoms with Crippen molar-refractivity contribution in [2.45, 2.75) is 24.3 Å². The van der Waals surface area contributed by atoms with Gasteiger partial charge in [0, 0.05) is 12.0 Å². The molecule has 0 aromatic heterocycles. The van der Waals surface area contributed by atoms with E-state index in [1.54, 1.807) is 0 Å². The van der Waals surface area contributed by atoms with Gasteiger partial charge in [-0.3, -0.25) is 18.9 Å². The Labute approximate surface area is 210 Å². The quantitative estimate of drug-likeness (QED) is 0.0661. The number of amides is 2. The van der Waals surface area contributed by atoms with Crippen LogP contribution in [0.15, 0.2) is 53.7 Å². The first-order valence-corrected chi connectivity index (χ1v) is 12.5. The van der Waals surface area contributed by atoms with E-state index in [1.807, 2.05) is 0 Å². The van der Waals surface area contributed by atoms with Gasteiger partial charge in [-0.2, -0.15) is 0 Å². The van der Waals surface area contributed by atoms with E-state index in [9.17, 15) is 39.0 Å². The van der Waals surface area contributed by atoms with Crippen molar-refractivity contribution in [2.75, 3.05) is 13.2 Å². The van der Waals surface area contributed by atoms with Gasteiger partial charge in [0.25, 0.3) is 5.91 Å². The van der Waals surface area contributed by atoms with Gasteiger partial charge in [-0.05, 0) is 42.0 Å². The van der Waals surface area contributed by atoms with Gasteiger partial charge in [0.2, 0.25) is 5.91 Å². The van der Waals surface area contributed by atoms with Crippen LogP contribution in [0.5, 0.6) is 11.5 Å². The molecular formula is C22H25N4O10P. The molecule has 0 bridgehead atoms. The Morgan fingerprint density at radius 1 is 1.16 bits per heavy atom. The topological polar surface area (TPSA) is 232 Å². The van der Waals surface area contributed by atoms with Gasteiger partial charge in [0.15, 0.2) is 11.5 Å². The third-order valence-electron chi connectivity index (χ3n) is 5.53. The number of carbonyl (C=O) groups is 3. The highest BCUT2D eigenvalue weighted by Crippen LogP contribution is 2.55. The number of hydrogen-bond acceptors (Lipinski definition) is 9. The van der Waals surface area contributed by atoms with Crippen LogP contribution in [0.2, 0.25) is 0 Å². The molecule has 3 atom stereocenters. The van der Waals surface area contributed by atoms with Gasteiger partial charge in [0.05, 0.1) is 13.2 Å². The summed E-state index contributed by atoms with van der Waals surface area (Å²) in [7, 11) is -4.83. The van der Waals surface area contributed by atoms with Crippen LogP contribution in [0.25, 0.3) is 0 Å². The van der Waals surface area contributed by atoms with Crippen molar-refractivity contribution >= 4 is 31.1 Å². The van der Waals surface area contributed by atoms with E-state index in [0.29, 0.717) is 5.75 Å². The number of nitrogens with one attached hydrogen (secondary N) is 1. The molecule has 2 aromatic carbocycles. The number of oxime groups is 1. The molecule has 1 fully saturated rings. The van der Waals surface area contributed by atoms with E-state index in [2.05, 4.69) is 10.5 Å². The number of carboxylic acid groups (broad SMARTS) is 1. The first-order chi connectivity index (χ1) is 17.4. The maximum absolute atomic E-state index is 12.7. The van der Waals surface area contributed by atoms with E-state index in [4.69, 9.17) is 15.6 Å². The highest BCUT2D eigenvalue weighted by Gasteiger charge is 2.48. The Morgan fingerprint density at radius 2 is 1.78 bits per heavy atom. The van der Waals surface area contributed by atoms with Crippen LogP contribution in [0.3, 0.4) is 0 Å². The molecule has 0 saturated carbocycles. The Balaban J connectivity index is 1.61. The summed E-state index contributed by atoms with van der Waals surface area (Å²) in [6.07, 6.45) is 0.0743. The lowest BCUT2D eigenvalue weighted by Crippen LogP contribution is -2.65. The maximum Gasteiger partial charge on any atom is 0.352 e. The Bertz CT molecular complexity index is 1230. The molecule has 1 unspecified atom stereocenters. The molecule has 14 nitrogen and oxygen atoms in total. The third kappa shape index (κ3) is 6.62. The average molecular weight is 536 g/mol. The van der Waals surface area contributed by atoms with Gasteiger partial charge in [-0.15, -0.1) is 0 Å². The van der Waals surface area contributed by atoms with Gasteiger partial charge in [-0.1, -0.05) is 17.3 Å². The van der Waals surface area contributed by atoms with Crippen LogP contribution in [0, 0.1) is 0 Å². The van der Waals surface area contributed by atoms with Crippen molar-refractivity contribution in [3.8, 4) is 11.5 Å². The Morgan fingerprint density at radius 3 is 2.30 bits per heavy atom. The molecule has 1 aliphatic rings. The lowest BCUT2D eigenvalue weighted by molar-refractivity contribution is -0.147. The highest BCUT2D eigenvalue weighted by molar-refractivity contribution is 7.52. The first-order valence-electron chi connectivity index (χ1n) is 10.8. The van der Waals surface area contributed by atoms with Crippen LogP contribution in [-0.2, 0) is 18.9 Å². The number of benzene rings is 2. The van der Waals surface area contributed by atoms with E-state index in [-0.39, 0.29) is 36.4 Å². The zero-order valence-corrected chi connectivity index (χ0v) is 20.1. The van der Waals surface area contributed by atoms with Crippen molar-refractivity contribution in [2.24, 2.45) is 10.9 Å². The number of aromatic hydroxyl groups is 1. The number of hydrogen-bond donors (Lipinski definition) is 7. The normalized spacial score (nSPS) is 17.5. The molecule has 0 spiro atoms. The maximum atomic E-state index is 12.7.